The van der Waals surface area contributed by atoms with Gasteiger partial charge < -0.3 is 15.0 Å². The van der Waals surface area contributed by atoms with Crippen molar-refractivity contribution in [2.75, 3.05) is 19.6 Å². The van der Waals surface area contributed by atoms with Crippen LogP contribution in [0.25, 0.3) is 0 Å². The zero-order valence-corrected chi connectivity index (χ0v) is 14.6. The molecule has 0 bridgehead atoms. The van der Waals surface area contributed by atoms with Gasteiger partial charge in [0.25, 0.3) is 0 Å². The normalized spacial score (nSPS) is 25.7. The third-order valence-electron chi connectivity index (χ3n) is 4.63. The number of hydrogen-bond donors (Lipinski definition) is 1. The summed E-state index contributed by atoms with van der Waals surface area (Å²) in [6.45, 7) is 9.52. The zero-order chi connectivity index (χ0) is 17.2. The quantitative estimate of drug-likeness (QED) is 0.861. The number of likely N-dealkylation sites (tertiary alicyclic amines) is 1. The molecule has 1 heterocycles. The van der Waals surface area contributed by atoms with Crippen LogP contribution in [0.5, 0.6) is 0 Å². The molecular formula is C17H28N2O4. The van der Waals surface area contributed by atoms with Crippen molar-refractivity contribution in [3.05, 3.63) is 0 Å². The molecule has 0 spiro atoms. The first-order valence-electron chi connectivity index (χ1n) is 8.43. The van der Waals surface area contributed by atoms with Crippen molar-refractivity contribution in [3.8, 4) is 0 Å². The van der Waals surface area contributed by atoms with Crippen molar-refractivity contribution in [1.82, 2.24) is 10.2 Å². The largest absolute Gasteiger partial charge is 0.444 e. The maximum Gasteiger partial charge on any atom is 0.407 e. The Morgan fingerprint density at radius 3 is 2.52 bits per heavy atom. The van der Waals surface area contributed by atoms with Gasteiger partial charge in [-0.3, -0.25) is 9.59 Å². The highest BCUT2D eigenvalue weighted by molar-refractivity contribution is 5.96. The van der Waals surface area contributed by atoms with Crippen LogP contribution < -0.4 is 5.32 Å². The third-order valence-corrected chi connectivity index (χ3v) is 4.63. The number of rotatable bonds is 3. The lowest BCUT2D eigenvalue weighted by atomic mass is 9.81. The number of amides is 2. The Kier molecular flexibility index (Phi) is 5.32. The molecule has 23 heavy (non-hydrogen) atoms. The smallest absolute Gasteiger partial charge is 0.407 e. The van der Waals surface area contributed by atoms with E-state index in [2.05, 4.69) is 12.2 Å². The Morgan fingerprint density at radius 2 is 1.96 bits per heavy atom. The molecule has 1 saturated carbocycles. The SMILES string of the molecule is C[C@@H]1CCN(C(=O)C2CC(=O)C2)C[C@@H]1CNC(=O)OC(C)(C)C. The molecule has 130 valence electrons. The van der Waals surface area contributed by atoms with E-state index in [-0.39, 0.29) is 23.5 Å². The van der Waals surface area contributed by atoms with Crippen LogP contribution in [0, 0.1) is 17.8 Å². The Hall–Kier alpha value is -1.59. The Morgan fingerprint density at radius 1 is 1.30 bits per heavy atom. The molecule has 2 fully saturated rings. The van der Waals surface area contributed by atoms with Crippen molar-refractivity contribution in [2.24, 2.45) is 17.8 Å². The first-order chi connectivity index (χ1) is 10.7. The van der Waals surface area contributed by atoms with Gasteiger partial charge in [-0.2, -0.15) is 0 Å². The van der Waals surface area contributed by atoms with Gasteiger partial charge in [0.2, 0.25) is 5.91 Å². The second-order valence-corrected chi connectivity index (χ2v) is 7.84. The monoisotopic (exact) mass is 324 g/mol. The molecule has 6 heteroatoms. The summed E-state index contributed by atoms with van der Waals surface area (Å²) in [5.74, 6) is 0.819. The molecule has 6 nitrogen and oxygen atoms in total. The van der Waals surface area contributed by atoms with Crippen molar-refractivity contribution < 1.29 is 19.1 Å². The number of hydrogen-bond acceptors (Lipinski definition) is 4. The molecule has 0 aromatic rings. The van der Waals surface area contributed by atoms with E-state index in [0.717, 1.165) is 13.0 Å². The van der Waals surface area contributed by atoms with E-state index in [1.54, 1.807) is 0 Å². The minimum Gasteiger partial charge on any atom is -0.444 e. The van der Waals surface area contributed by atoms with Crippen molar-refractivity contribution in [3.63, 3.8) is 0 Å². The fraction of sp³-hybridized carbons (Fsp3) is 0.824. The Balaban J connectivity index is 1.82. The van der Waals surface area contributed by atoms with Crippen molar-refractivity contribution >= 4 is 17.8 Å². The summed E-state index contributed by atoms with van der Waals surface area (Å²) in [7, 11) is 0. The van der Waals surface area contributed by atoms with E-state index in [9.17, 15) is 14.4 Å². The number of carbonyl (C=O) groups is 3. The maximum atomic E-state index is 12.4. The summed E-state index contributed by atoms with van der Waals surface area (Å²) in [4.78, 5) is 37.1. The van der Waals surface area contributed by atoms with Gasteiger partial charge in [0.05, 0.1) is 5.92 Å². The van der Waals surface area contributed by atoms with Crippen LogP contribution in [0.15, 0.2) is 0 Å². The highest BCUT2D eigenvalue weighted by Crippen LogP contribution is 2.29. The van der Waals surface area contributed by atoms with Crippen LogP contribution in [-0.4, -0.2) is 47.9 Å². The van der Waals surface area contributed by atoms with Gasteiger partial charge in [-0.1, -0.05) is 6.92 Å². The Labute approximate surface area is 137 Å². The fourth-order valence-electron chi connectivity index (χ4n) is 3.07. The molecule has 2 atom stereocenters. The van der Waals surface area contributed by atoms with Crippen LogP contribution in [0.2, 0.25) is 0 Å². The molecule has 1 aliphatic heterocycles. The van der Waals surface area contributed by atoms with E-state index < -0.39 is 11.7 Å². The summed E-state index contributed by atoms with van der Waals surface area (Å²) in [5, 5.41) is 2.81. The molecule has 0 aromatic heterocycles. The molecule has 1 N–H and O–H groups in total. The number of nitrogens with one attached hydrogen (secondary N) is 1. The maximum absolute atomic E-state index is 12.4. The van der Waals surface area contributed by atoms with Gasteiger partial charge in [-0.05, 0) is 39.0 Å². The summed E-state index contributed by atoms with van der Waals surface area (Å²) in [6.07, 6.45) is 1.29. The molecular weight excluding hydrogens is 296 g/mol. The topological polar surface area (TPSA) is 75.7 Å². The molecule has 0 unspecified atom stereocenters. The first-order valence-corrected chi connectivity index (χ1v) is 8.43. The average molecular weight is 324 g/mol. The second-order valence-electron chi connectivity index (χ2n) is 7.84. The number of alkyl carbamates (subject to hydrolysis) is 1. The molecule has 2 aliphatic rings. The third kappa shape index (κ3) is 4.94. The zero-order valence-electron chi connectivity index (χ0n) is 14.6. The number of piperidine rings is 1. The summed E-state index contributed by atoms with van der Waals surface area (Å²) in [5.41, 5.74) is -0.513. The van der Waals surface area contributed by atoms with Gasteiger partial charge in [0.15, 0.2) is 0 Å². The summed E-state index contributed by atoms with van der Waals surface area (Å²) in [6, 6.07) is 0. The van der Waals surface area contributed by atoms with Gasteiger partial charge in [-0.25, -0.2) is 4.79 Å². The van der Waals surface area contributed by atoms with Crippen LogP contribution in [0.3, 0.4) is 0 Å². The highest BCUT2D eigenvalue weighted by atomic mass is 16.6. The van der Waals surface area contributed by atoms with Crippen molar-refractivity contribution in [2.45, 2.75) is 52.6 Å². The molecule has 1 saturated heterocycles. The molecule has 1 aliphatic carbocycles. The number of ether oxygens (including phenoxy) is 1. The Bertz CT molecular complexity index is 475. The average Bonchev–Trinajstić information content (AvgIpc) is 2.40. The van der Waals surface area contributed by atoms with Crippen LogP contribution in [-0.2, 0) is 14.3 Å². The number of nitrogens with zero attached hydrogens (tertiary/aromatic N) is 1. The second kappa shape index (κ2) is 6.89. The van der Waals surface area contributed by atoms with Crippen molar-refractivity contribution in [1.29, 1.82) is 0 Å². The van der Waals surface area contributed by atoms with Gasteiger partial charge in [0.1, 0.15) is 11.4 Å². The fourth-order valence-corrected chi connectivity index (χ4v) is 3.07. The van der Waals surface area contributed by atoms with E-state index in [0.29, 0.717) is 31.8 Å². The lowest BCUT2D eigenvalue weighted by Gasteiger charge is -2.40. The molecule has 2 amide bonds. The lowest BCUT2D eigenvalue weighted by molar-refractivity contribution is -0.146. The first kappa shape index (κ1) is 17.8. The standard InChI is InChI=1S/C17H28N2O4/c1-11-5-6-19(15(21)12-7-14(20)8-12)10-13(11)9-18-16(22)23-17(2,3)4/h11-13H,5-10H2,1-4H3,(H,18,22)/t11-,13+/m1/s1. The predicted molar refractivity (Wildman–Crippen MR) is 85.8 cm³/mol. The van der Waals surface area contributed by atoms with E-state index in [1.807, 2.05) is 25.7 Å². The van der Waals surface area contributed by atoms with Gasteiger partial charge in [-0.15, -0.1) is 0 Å². The molecule has 0 radical (unpaired) electrons. The van der Waals surface area contributed by atoms with Gasteiger partial charge >= 0.3 is 6.09 Å². The van der Waals surface area contributed by atoms with Crippen LogP contribution in [0.4, 0.5) is 4.79 Å². The minimum atomic E-state index is -0.513. The van der Waals surface area contributed by atoms with Gasteiger partial charge in [0, 0.05) is 32.5 Å². The van der Waals surface area contributed by atoms with Crippen LogP contribution >= 0.6 is 0 Å². The summed E-state index contributed by atoms with van der Waals surface area (Å²) >= 11 is 0. The summed E-state index contributed by atoms with van der Waals surface area (Å²) < 4.78 is 5.25. The van der Waals surface area contributed by atoms with Crippen LogP contribution in [0.1, 0.15) is 47.0 Å². The number of ketones is 1. The van der Waals surface area contributed by atoms with E-state index in [1.165, 1.54) is 0 Å². The number of carbonyl (C=O) groups excluding carboxylic acids is 3. The van der Waals surface area contributed by atoms with E-state index >= 15 is 0 Å². The molecule has 0 aromatic carbocycles. The number of Topliss-reactive ketones (excluding diaryl/α,β-unsaturated/α-hetero) is 1. The minimum absolute atomic E-state index is 0.0961. The highest BCUT2D eigenvalue weighted by Gasteiger charge is 2.38. The predicted octanol–water partition coefficient (Wildman–Crippen LogP) is 1.97. The van der Waals surface area contributed by atoms with E-state index in [4.69, 9.17) is 4.74 Å². The lowest BCUT2D eigenvalue weighted by Crippen LogP contribution is -2.50. The molecule has 2 rings (SSSR count).